The van der Waals surface area contributed by atoms with Gasteiger partial charge in [-0.3, -0.25) is 39.4 Å². The average molecular weight is 1100 g/mol. The number of nitrogens with one attached hydrogen (secondary N) is 1. The number of nitrogens with two attached hydrogens (primary N) is 1. The van der Waals surface area contributed by atoms with Crippen LogP contribution in [-0.4, -0.2) is 59.8 Å². The highest BCUT2D eigenvalue weighted by Crippen LogP contribution is 2.41. The number of carbonyl (C=O) groups excluding carboxylic acids is 2. The number of amides is 1. The first-order chi connectivity index (χ1) is 36.3. The molecule has 4 aliphatic carbocycles. The van der Waals surface area contributed by atoms with E-state index in [0.29, 0.717) is 68.7 Å². The van der Waals surface area contributed by atoms with Crippen LogP contribution in [0.5, 0.6) is 0 Å². The van der Waals surface area contributed by atoms with Gasteiger partial charge in [0.05, 0.1) is 22.0 Å². The summed E-state index contributed by atoms with van der Waals surface area (Å²) < 4.78 is 81.1. The summed E-state index contributed by atoms with van der Waals surface area (Å²) in [5, 5.41) is 34.0. The fourth-order valence-electron chi connectivity index (χ4n) is 10.0. The minimum absolute atomic E-state index is 0.00936. The number of aliphatic imine (C=N–C) groups is 1. The Morgan fingerprint density at radius 2 is 1.21 bits per heavy atom. The minimum atomic E-state index is -2.74. The molecular weight excluding hydrogens is 1050 g/mol. The maximum atomic E-state index is 13.8. The topological polar surface area (TPSA) is 202 Å². The van der Waals surface area contributed by atoms with Crippen molar-refractivity contribution in [2.45, 2.75) is 102 Å². The third-order valence-corrected chi connectivity index (χ3v) is 15.2. The Morgan fingerprint density at radius 1 is 0.701 bits per heavy atom. The molecule has 0 spiro atoms. The number of nitro benzene ring substituents is 2. The molecule has 1 atom stereocenters. The molecule has 22 heteroatoms. The number of aromatic nitrogens is 3. The van der Waals surface area contributed by atoms with Crippen molar-refractivity contribution in [2.24, 2.45) is 4.99 Å². The predicted octanol–water partition coefficient (Wildman–Crippen LogP) is 12.2. The molecule has 77 heavy (non-hydrogen) atoms. The van der Waals surface area contributed by atoms with E-state index in [1.807, 2.05) is 35.8 Å². The number of anilines is 2. The van der Waals surface area contributed by atoms with E-state index in [1.165, 1.54) is 30.3 Å². The number of nitrogen functional groups attached to an aromatic ring is 1. The zero-order chi connectivity index (χ0) is 55.3. The van der Waals surface area contributed by atoms with Crippen LogP contribution in [0.15, 0.2) is 102 Å². The van der Waals surface area contributed by atoms with Gasteiger partial charge in [0.15, 0.2) is 5.82 Å². The van der Waals surface area contributed by atoms with Crippen LogP contribution >= 0.6 is 22.9 Å². The zero-order valence-corrected chi connectivity index (χ0v) is 43.0. The number of alkyl halides is 6. The van der Waals surface area contributed by atoms with Gasteiger partial charge in [0, 0.05) is 108 Å². The highest BCUT2D eigenvalue weighted by Gasteiger charge is 2.40. The Morgan fingerprint density at radius 3 is 1.81 bits per heavy atom. The quantitative estimate of drug-likeness (QED) is 0.0703. The lowest BCUT2D eigenvalue weighted by Gasteiger charge is -2.13. The molecule has 3 N–H and O–H groups in total. The number of halogens is 7. The molecule has 14 nitrogen and oxygen atoms in total. The zero-order valence-electron chi connectivity index (χ0n) is 41.4. The van der Waals surface area contributed by atoms with E-state index in [9.17, 15) is 56.2 Å². The molecule has 3 heterocycles. The van der Waals surface area contributed by atoms with Crippen LogP contribution in [0, 0.1) is 41.0 Å². The molecule has 0 radical (unpaired) electrons. The third-order valence-electron chi connectivity index (χ3n) is 13.7. The van der Waals surface area contributed by atoms with Crippen molar-refractivity contribution in [1.29, 1.82) is 0 Å². The lowest BCUT2D eigenvalue weighted by Crippen LogP contribution is -2.17. The first-order valence-corrected chi connectivity index (χ1v) is 25.3. The number of carbonyl (C=O) groups is 2. The van der Waals surface area contributed by atoms with Crippen LogP contribution < -0.4 is 11.1 Å². The Balaban J connectivity index is 0.000000150. The molecule has 12 rings (SSSR count). The van der Waals surface area contributed by atoms with Crippen molar-refractivity contribution in [1.82, 2.24) is 14.8 Å². The molecule has 0 unspecified atom stereocenters. The van der Waals surface area contributed by atoms with E-state index in [1.54, 1.807) is 53.8 Å². The van der Waals surface area contributed by atoms with Gasteiger partial charge in [-0.05, 0) is 107 Å². The number of benzene rings is 5. The van der Waals surface area contributed by atoms with Crippen molar-refractivity contribution < 1.29 is 45.8 Å². The summed E-state index contributed by atoms with van der Waals surface area (Å²) in [6.45, 7) is 6.03. The predicted molar refractivity (Wildman–Crippen MR) is 279 cm³/mol. The number of nitrogens with zero attached hydrogens (tertiary/aromatic N) is 6. The van der Waals surface area contributed by atoms with Crippen LogP contribution in [0.4, 0.5) is 49.1 Å². The first-order valence-electron chi connectivity index (χ1n) is 24.1. The maximum Gasteiger partial charge on any atom is 0.269 e. The number of fused-ring (bicyclic) bond motifs is 7. The summed E-state index contributed by atoms with van der Waals surface area (Å²) in [4.78, 5) is 50.3. The van der Waals surface area contributed by atoms with E-state index >= 15 is 0 Å². The fraction of sp³-hybridized carbons (Fsp3) is 0.291. The first kappa shape index (κ1) is 54.0. The maximum absolute atomic E-state index is 13.8. The molecule has 0 saturated heterocycles. The monoisotopic (exact) mass is 1100 g/mol. The van der Waals surface area contributed by atoms with Crippen LogP contribution in [0.2, 0.25) is 5.02 Å². The van der Waals surface area contributed by atoms with Gasteiger partial charge in [-0.1, -0.05) is 48.0 Å². The van der Waals surface area contributed by atoms with Crippen molar-refractivity contribution in [3.05, 3.63) is 200 Å². The number of ketones is 1. The van der Waals surface area contributed by atoms with Gasteiger partial charge in [-0.25, -0.2) is 26.3 Å². The molecule has 0 fully saturated rings. The normalized spacial score (nSPS) is 17.2. The SMILES string of the molecule is Cc1sc2c(c1C)C(c1ccc(Cl)cc1)=N[C@@H](CC(=O)Nc1ccc3c(c1)CC(F)(F)C3)c1nnc(C)n1-2.Nc1ccc2c(c1)CC(F)(F)C2.O=C1Cc2ccc([N+](=O)[O-])cc2C1.O=[N+]([O-])c1ccc2c(c1)CC(F)(F)C2. The van der Waals surface area contributed by atoms with Crippen LogP contribution in [0.25, 0.3) is 5.00 Å². The lowest BCUT2D eigenvalue weighted by molar-refractivity contribution is -0.385. The van der Waals surface area contributed by atoms with E-state index in [2.05, 4.69) is 29.4 Å². The minimum Gasteiger partial charge on any atom is -0.399 e. The van der Waals surface area contributed by atoms with Gasteiger partial charge in [0.25, 0.3) is 29.1 Å². The number of thiophene rings is 1. The average Bonchev–Trinajstić information content (AvgIpc) is 4.18. The molecule has 1 amide bonds. The molecule has 0 bridgehead atoms. The number of rotatable bonds is 6. The van der Waals surface area contributed by atoms with Crippen molar-refractivity contribution >= 4 is 63.1 Å². The molecule has 2 aromatic heterocycles. The molecular formula is C55H47ClF6N8O6S. The number of non-ortho nitro benzene ring substituents is 2. The van der Waals surface area contributed by atoms with Crippen LogP contribution in [0.1, 0.15) is 90.2 Å². The molecule has 7 aromatic rings. The summed E-state index contributed by atoms with van der Waals surface area (Å²) >= 11 is 7.81. The highest BCUT2D eigenvalue weighted by atomic mass is 35.5. The summed E-state index contributed by atoms with van der Waals surface area (Å²) in [6.07, 6.45) is -0.786. The third kappa shape index (κ3) is 12.1. The number of aryl methyl sites for hydroxylation is 2. The van der Waals surface area contributed by atoms with Crippen LogP contribution in [0.3, 0.4) is 0 Å². The second kappa shape index (κ2) is 21.0. The Kier molecular flexibility index (Phi) is 14.7. The van der Waals surface area contributed by atoms with Gasteiger partial charge in [-0.15, -0.1) is 21.5 Å². The summed E-state index contributed by atoms with van der Waals surface area (Å²) in [5.41, 5.74) is 15.5. The number of hydrogen-bond acceptors (Lipinski definition) is 11. The standard InChI is InChI=1S/C28H24ClF2N5OS.C9H7F2NO2.C9H9F2N.C9H7NO3/c1-14-15(2)38-27-24(14)25(17-4-7-20(29)8-5-17)33-22(26-35-34-16(3)36(26)27)11-23(37)32-21-9-6-18-12-28(30,31)13-19(18)10-21;10-9(11)4-6-1-2-8(12(13)14)3-7(6)5-9;10-9(11)4-6-1-2-8(12)3-7(6)5-9;11-9-4-6-1-2-8(10(12)13)3-7(6)5-9/h4-10,22H,11-13H2,1-3H3,(H,32,37);1-3H,4-5H2;1-3H,4-5,12H2;1-3H,4-5H2/t22-;;;/m0.../s1. The van der Waals surface area contributed by atoms with Gasteiger partial charge in [-0.2, -0.15) is 0 Å². The van der Waals surface area contributed by atoms with Crippen LogP contribution in [-0.2, 0) is 61.0 Å². The molecule has 0 saturated carbocycles. The van der Waals surface area contributed by atoms with Gasteiger partial charge in [0.1, 0.15) is 22.7 Å². The molecule has 5 aromatic carbocycles. The van der Waals surface area contributed by atoms with E-state index in [4.69, 9.17) is 22.3 Å². The Hall–Kier alpha value is -7.78. The van der Waals surface area contributed by atoms with Crippen molar-refractivity contribution in [2.75, 3.05) is 11.1 Å². The fourth-order valence-corrected chi connectivity index (χ4v) is 11.4. The number of Topliss-reactive ketones (excluding diaryl/α,β-unsaturated/α-hetero) is 1. The van der Waals surface area contributed by atoms with Crippen molar-refractivity contribution in [3.8, 4) is 5.00 Å². The lowest BCUT2D eigenvalue weighted by atomic mass is 9.99. The second-order valence-corrected chi connectivity index (χ2v) is 21.2. The Bertz CT molecular complexity index is 3560. The van der Waals surface area contributed by atoms with Gasteiger partial charge < -0.3 is 11.1 Å². The highest BCUT2D eigenvalue weighted by molar-refractivity contribution is 7.15. The summed E-state index contributed by atoms with van der Waals surface area (Å²) in [7, 11) is 0. The second-order valence-electron chi connectivity index (χ2n) is 19.6. The largest absolute Gasteiger partial charge is 0.399 e. The van der Waals surface area contributed by atoms with E-state index in [-0.39, 0.29) is 68.0 Å². The van der Waals surface area contributed by atoms with E-state index < -0.39 is 33.7 Å². The number of hydrogen-bond donors (Lipinski definition) is 2. The van der Waals surface area contributed by atoms with Gasteiger partial charge in [0.2, 0.25) is 5.91 Å². The summed E-state index contributed by atoms with van der Waals surface area (Å²) in [6, 6.07) is 25.3. The molecule has 398 valence electrons. The van der Waals surface area contributed by atoms with Crippen molar-refractivity contribution in [3.63, 3.8) is 0 Å². The number of nitro groups is 2. The Labute approximate surface area is 445 Å². The van der Waals surface area contributed by atoms with Gasteiger partial charge >= 0.3 is 0 Å². The molecule has 1 aliphatic heterocycles. The smallest absolute Gasteiger partial charge is 0.269 e. The summed E-state index contributed by atoms with van der Waals surface area (Å²) in [5.74, 6) is -6.90. The molecule has 5 aliphatic rings. The van der Waals surface area contributed by atoms with E-state index in [0.717, 1.165) is 49.0 Å².